The van der Waals surface area contributed by atoms with Crippen molar-refractivity contribution in [3.05, 3.63) is 23.3 Å². The summed E-state index contributed by atoms with van der Waals surface area (Å²) in [5.41, 5.74) is 2.32. The first-order valence-corrected chi connectivity index (χ1v) is 7.09. The van der Waals surface area contributed by atoms with Crippen LogP contribution in [0.5, 0.6) is 0 Å². The topological polar surface area (TPSA) is 84.9 Å². The molecule has 122 valence electrons. The third-order valence-corrected chi connectivity index (χ3v) is 3.14. The Balaban J connectivity index is 3.16. The minimum atomic E-state index is -1.03. The van der Waals surface area contributed by atoms with Gasteiger partial charge >= 0.3 is 12.2 Å². The van der Waals surface area contributed by atoms with Crippen molar-refractivity contribution in [2.75, 3.05) is 13.2 Å². The number of hydrogen-bond acceptors (Lipinski definition) is 5. The molecule has 1 aliphatic rings. The summed E-state index contributed by atoms with van der Waals surface area (Å²) in [6.45, 7) is 8.64. The highest BCUT2D eigenvalue weighted by Crippen LogP contribution is 2.27. The summed E-state index contributed by atoms with van der Waals surface area (Å²) >= 11 is 0. The second-order valence-corrected chi connectivity index (χ2v) is 5.08. The number of nitrogens with zero attached hydrogens (tertiary/aromatic N) is 1. The molecule has 0 aromatic heterocycles. The number of amides is 2. The Morgan fingerprint density at radius 1 is 1.14 bits per heavy atom. The van der Waals surface area contributed by atoms with Crippen molar-refractivity contribution >= 4 is 18.0 Å². The lowest BCUT2D eigenvalue weighted by atomic mass is 9.87. The molecule has 0 aromatic carbocycles. The first-order valence-electron chi connectivity index (χ1n) is 7.09. The van der Waals surface area contributed by atoms with E-state index in [0.717, 1.165) is 5.01 Å². The quantitative estimate of drug-likeness (QED) is 0.809. The highest BCUT2D eigenvalue weighted by molar-refractivity contribution is 6.09. The zero-order chi connectivity index (χ0) is 16.9. The van der Waals surface area contributed by atoms with Crippen molar-refractivity contribution in [2.45, 2.75) is 40.2 Å². The minimum Gasteiger partial charge on any atom is -0.449 e. The van der Waals surface area contributed by atoms with E-state index in [-0.39, 0.29) is 19.0 Å². The summed E-state index contributed by atoms with van der Waals surface area (Å²) in [7, 11) is 0. The maximum Gasteiger partial charge on any atom is 0.429 e. The molecule has 0 fully saturated rings. The van der Waals surface area contributed by atoms with Crippen LogP contribution in [0.1, 0.15) is 34.6 Å². The van der Waals surface area contributed by atoms with Gasteiger partial charge in [0.25, 0.3) is 0 Å². The number of carbonyl (C=O) groups excluding carboxylic acids is 3. The average Bonchev–Trinajstić information content (AvgIpc) is 2.42. The lowest BCUT2D eigenvalue weighted by molar-refractivity contribution is -0.112. The largest absolute Gasteiger partial charge is 0.449 e. The van der Waals surface area contributed by atoms with Gasteiger partial charge in [-0.2, -0.15) is 0 Å². The number of nitrogens with one attached hydrogen (secondary N) is 1. The Labute approximate surface area is 129 Å². The number of rotatable bonds is 3. The van der Waals surface area contributed by atoms with E-state index in [2.05, 4.69) is 5.43 Å². The molecule has 7 nitrogen and oxygen atoms in total. The first-order chi connectivity index (χ1) is 10.2. The zero-order valence-electron chi connectivity index (χ0n) is 13.6. The molecule has 0 heterocycles. The lowest BCUT2D eigenvalue weighted by Crippen LogP contribution is -2.58. The molecule has 0 saturated carbocycles. The molecule has 0 atom stereocenters. The van der Waals surface area contributed by atoms with Crippen LogP contribution in [0.4, 0.5) is 9.59 Å². The fourth-order valence-corrected chi connectivity index (χ4v) is 2.29. The molecule has 0 aliphatic heterocycles. The smallest absolute Gasteiger partial charge is 0.429 e. The summed E-state index contributed by atoms with van der Waals surface area (Å²) in [6.07, 6.45) is 1.70. The van der Waals surface area contributed by atoms with Gasteiger partial charge in [-0.3, -0.25) is 4.79 Å². The average molecular weight is 310 g/mol. The van der Waals surface area contributed by atoms with E-state index < -0.39 is 17.7 Å². The number of hydrazine groups is 1. The normalized spacial score (nSPS) is 16.3. The van der Waals surface area contributed by atoms with Crippen LogP contribution >= 0.6 is 0 Å². The molecule has 0 aromatic rings. The molecule has 1 rings (SSSR count). The van der Waals surface area contributed by atoms with Gasteiger partial charge in [-0.1, -0.05) is 0 Å². The molecular formula is C15H22N2O5. The van der Waals surface area contributed by atoms with E-state index in [0.29, 0.717) is 11.1 Å². The third-order valence-electron chi connectivity index (χ3n) is 3.14. The SMILES string of the molecule is CCOC(=O)NN(C(=O)OCC)C1(C)C=C(C)C(=O)C(C)=C1. The molecular weight excluding hydrogens is 288 g/mol. The van der Waals surface area contributed by atoms with Crippen LogP contribution in [0.2, 0.25) is 0 Å². The summed E-state index contributed by atoms with van der Waals surface area (Å²) in [5, 5.41) is 1.02. The van der Waals surface area contributed by atoms with Crippen molar-refractivity contribution in [3.63, 3.8) is 0 Å². The Bertz CT molecular complexity index is 514. The van der Waals surface area contributed by atoms with Gasteiger partial charge in [-0.15, -0.1) is 0 Å². The fourth-order valence-electron chi connectivity index (χ4n) is 2.29. The van der Waals surface area contributed by atoms with E-state index in [1.54, 1.807) is 46.8 Å². The van der Waals surface area contributed by atoms with Gasteiger partial charge in [0.2, 0.25) is 0 Å². The lowest BCUT2D eigenvalue weighted by Gasteiger charge is -2.37. The maximum atomic E-state index is 12.2. The van der Waals surface area contributed by atoms with Crippen LogP contribution in [0, 0.1) is 0 Å². The van der Waals surface area contributed by atoms with E-state index in [9.17, 15) is 14.4 Å². The summed E-state index contributed by atoms with van der Waals surface area (Å²) in [6, 6.07) is 0. The maximum absolute atomic E-state index is 12.2. The molecule has 2 amide bonds. The van der Waals surface area contributed by atoms with Crippen LogP contribution in [0.3, 0.4) is 0 Å². The van der Waals surface area contributed by atoms with Gasteiger partial charge in [0.1, 0.15) is 5.54 Å². The van der Waals surface area contributed by atoms with Gasteiger partial charge in [0.05, 0.1) is 13.2 Å². The van der Waals surface area contributed by atoms with Gasteiger partial charge in [-0.05, 0) is 57.9 Å². The number of allylic oxidation sites excluding steroid dienone is 2. The zero-order valence-corrected chi connectivity index (χ0v) is 13.6. The Kier molecular flexibility index (Phi) is 5.73. The van der Waals surface area contributed by atoms with Gasteiger partial charge in [0.15, 0.2) is 5.78 Å². The number of ether oxygens (including phenoxy) is 2. The highest BCUT2D eigenvalue weighted by atomic mass is 16.6. The van der Waals surface area contributed by atoms with Crippen LogP contribution in [-0.2, 0) is 14.3 Å². The predicted octanol–water partition coefficient (Wildman–Crippen LogP) is 2.34. The molecule has 0 unspecified atom stereocenters. The first kappa shape index (κ1) is 17.7. The molecule has 0 radical (unpaired) electrons. The van der Waals surface area contributed by atoms with Crippen molar-refractivity contribution < 1.29 is 23.9 Å². The van der Waals surface area contributed by atoms with Crippen molar-refractivity contribution in [2.24, 2.45) is 0 Å². The summed E-state index contributed by atoms with van der Waals surface area (Å²) < 4.78 is 9.78. The van der Waals surface area contributed by atoms with E-state index in [4.69, 9.17) is 9.47 Å². The molecule has 0 saturated heterocycles. The number of Topliss-reactive ketones (excluding diaryl/α,β-unsaturated/α-hetero) is 1. The van der Waals surface area contributed by atoms with E-state index in [1.165, 1.54) is 0 Å². The minimum absolute atomic E-state index is 0.0996. The summed E-state index contributed by atoms with van der Waals surface area (Å²) in [5.74, 6) is -0.0996. The predicted molar refractivity (Wildman–Crippen MR) is 79.9 cm³/mol. The Hall–Kier alpha value is -2.31. The Morgan fingerprint density at radius 2 is 1.64 bits per heavy atom. The van der Waals surface area contributed by atoms with Gasteiger partial charge in [-0.25, -0.2) is 20.0 Å². The number of carbonyl (C=O) groups is 3. The molecule has 22 heavy (non-hydrogen) atoms. The highest BCUT2D eigenvalue weighted by Gasteiger charge is 2.38. The van der Waals surface area contributed by atoms with E-state index >= 15 is 0 Å². The van der Waals surface area contributed by atoms with Crippen molar-refractivity contribution in [1.29, 1.82) is 0 Å². The summed E-state index contributed by atoms with van der Waals surface area (Å²) in [4.78, 5) is 35.7. The van der Waals surface area contributed by atoms with Gasteiger partial charge < -0.3 is 9.47 Å². The van der Waals surface area contributed by atoms with Crippen LogP contribution < -0.4 is 5.43 Å². The molecule has 0 spiro atoms. The second kappa shape index (κ2) is 7.11. The molecule has 0 bridgehead atoms. The fraction of sp³-hybridized carbons (Fsp3) is 0.533. The number of hydrogen-bond donors (Lipinski definition) is 1. The van der Waals surface area contributed by atoms with Crippen molar-refractivity contribution in [1.82, 2.24) is 10.4 Å². The van der Waals surface area contributed by atoms with Gasteiger partial charge in [0, 0.05) is 0 Å². The Morgan fingerprint density at radius 3 is 2.09 bits per heavy atom. The third kappa shape index (κ3) is 3.87. The van der Waals surface area contributed by atoms with Crippen molar-refractivity contribution in [3.8, 4) is 0 Å². The number of ketones is 1. The van der Waals surface area contributed by atoms with Crippen LogP contribution in [-0.4, -0.2) is 41.7 Å². The molecule has 1 N–H and O–H groups in total. The van der Waals surface area contributed by atoms with E-state index in [1.807, 2.05) is 0 Å². The van der Waals surface area contributed by atoms with Crippen LogP contribution in [0.15, 0.2) is 23.3 Å². The monoisotopic (exact) mass is 310 g/mol. The second-order valence-electron chi connectivity index (χ2n) is 5.08. The molecule has 7 heteroatoms. The molecule has 1 aliphatic carbocycles. The van der Waals surface area contributed by atoms with Crippen LogP contribution in [0.25, 0.3) is 0 Å². The standard InChI is InChI=1S/C15H22N2O5/c1-6-21-13(19)16-17(14(20)22-7-2)15(5)8-10(3)12(18)11(4)9-15/h8-9H,6-7H2,1-5H3,(H,16,19).